The molecule has 2 aliphatic heterocycles. The van der Waals surface area contributed by atoms with E-state index in [-0.39, 0.29) is 17.6 Å². The van der Waals surface area contributed by atoms with Crippen molar-refractivity contribution in [2.75, 3.05) is 38.2 Å². The van der Waals surface area contributed by atoms with Crippen LogP contribution in [0.25, 0.3) is 11.3 Å². The molecule has 0 spiro atoms. The highest BCUT2D eigenvalue weighted by Gasteiger charge is 2.43. The van der Waals surface area contributed by atoms with Crippen molar-refractivity contribution in [3.8, 4) is 11.3 Å². The Kier molecular flexibility index (Phi) is 6.31. The van der Waals surface area contributed by atoms with E-state index in [1.165, 1.54) is 0 Å². The van der Waals surface area contributed by atoms with Crippen molar-refractivity contribution in [1.29, 1.82) is 0 Å². The fourth-order valence-corrected chi connectivity index (χ4v) is 6.13. The molecule has 0 amide bonds. The average molecular weight is 479 g/mol. The van der Waals surface area contributed by atoms with Crippen LogP contribution < -0.4 is 5.32 Å². The smallest absolute Gasteiger partial charge is 0.381 e. The number of hydrogen-bond acceptors (Lipinski definition) is 6. The van der Waals surface area contributed by atoms with Crippen LogP contribution in [0.1, 0.15) is 42.6 Å². The molecule has 0 radical (unpaired) electrons. The molecule has 2 aromatic heterocycles. The fourth-order valence-electron chi connectivity index (χ4n) is 6.13. The molecule has 1 saturated carbocycles. The molecule has 0 bridgehead atoms. The summed E-state index contributed by atoms with van der Waals surface area (Å²) in [6.07, 6.45) is -0.523. The molecule has 3 fully saturated rings. The Morgan fingerprint density at radius 3 is 2.35 bits per heavy atom. The summed E-state index contributed by atoms with van der Waals surface area (Å²) in [7, 11) is 1.77. The number of nitrogens with one attached hydrogen (secondary N) is 1. The van der Waals surface area contributed by atoms with Crippen LogP contribution in [0, 0.1) is 31.6 Å². The van der Waals surface area contributed by atoms with Gasteiger partial charge in [0, 0.05) is 57.2 Å². The summed E-state index contributed by atoms with van der Waals surface area (Å²) < 4.78 is 49.1. The molecule has 1 aliphatic carbocycles. The van der Waals surface area contributed by atoms with Crippen molar-refractivity contribution in [3.05, 3.63) is 23.0 Å². The number of hydrogen-bond donors (Lipinski definition) is 1. The number of rotatable bonds is 5. The molecule has 7 nitrogen and oxygen atoms in total. The number of fused-ring (bicyclic) bond motifs is 1. The lowest BCUT2D eigenvalue weighted by atomic mass is 10.00. The average Bonchev–Trinajstić information content (AvgIpc) is 3.39. The van der Waals surface area contributed by atoms with Crippen LogP contribution in [0.2, 0.25) is 0 Å². The van der Waals surface area contributed by atoms with Crippen molar-refractivity contribution in [3.63, 3.8) is 0 Å². The van der Waals surface area contributed by atoms with Crippen LogP contribution in [0.15, 0.2) is 6.07 Å². The Labute approximate surface area is 198 Å². The first-order chi connectivity index (χ1) is 16.2. The van der Waals surface area contributed by atoms with Crippen molar-refractivity contribution < 1.29 is 17.9 Å². The van der Waals surface area contributed by atoms with Gasteiger partial charge in [0.05, 0.1) is 11.4 Å². The predicted octanol–water partition coefficient (Wildman–Crippen LogP) is 4.06. The first-order valence-electron chi connectivity index (χ1n) is 12.2. The minimum absolute atomic E-state index is 0.0108. The maximum Gasteiger partial charge on any atom is 0.420 e. The predicted molar refractivity (Wildman–Crippen MR) is 122 cm³/mol. The van der Waals surface area contributed by atoms with Crippen molar-refractivity contribution in [2.24, 2.45) is 24.8 Å². The van der Waals surface area contributed by atoms with Crippen molar-refractivity contribution in [2.45, 2.75) is 51.7 Å². The largest absolute Gasteiger partial charge is 0.420 e. The third-order valence-corrected chi connectivity index (χ3v) is 7.89. The maximum absolute atomic E-state index is 14.0. The number of alkyl halides is 3. The molecule has 5 rings (SSSR count). The fraction of sp³-hybridized carbons (Fsp3) is 0.708. The molecule has 3 atom stereocenters. The second-order valence-corrected chi connectivity index (χ2v) is 10.3. The number of anilines is 1. The molecule has 186 valence electrons. The molecule has 2 saturated heterocycles. The standard InChI is InChI=1S/C24H33F3N6O/c1-14-22(15(2)32(3)31-14)21-10-20(24(25,26)27)23(30-29-21)28-19-8-17-12-33(13-18(17)9-19)11-16-4-6-34-7-5-16/h10,16-19H,4-9,11-13H2,1-3H3,(H,28,30)/t17-,18?,19?/m1/s1. The summed E-state index contributed by atoms with van der Waals surface area (Å²) in [4.78, 5) is 2.55. The Balaban J connectivity index is 1.27. The van der Waals surface area contributed by atoms with Gasteiger partial charge in [-0.25, -0.2) is 0 Å². The van der Waals surface area contributed by atoms with Crippen LogP contribution in [0.5, 0.6) is 0 Å². The van der Waals surface area contributed by atoms with Gasteiger partial charge in [-0.3, -0.25) is 4.68 Å². The minimum atomic E-state index is -4.52. The van der Waals surface area contributed by atoms with Crippen LogP contribution in [-0.4, -0.2) is 63.8 Å². The maximum atomic E-state index is 14.0. The number of ether oxygens (including phenoxy) is 1. The summed E-state index contributed by atoms with van der Waals surface area (Å²) >= 11 is 0. The summed E-state index contributed by atoms with van der Waals surface area (Å²) in [6, 6.07) is 1.10. The summed E-state index contributed by atoms with van der Waals surface area (Å²) in [5.74, 6) is 1.59. The van der Waals surface area contributed by atoms with Gasteiger partial charge >= 0.3 is 6.18 Å². The van der Waals surface area contributed by atoms with Crippen LogP contribution in [0.3, 0.4) is 0 Å². The van der Waals surface area contributed by atoms with Gasteiger partial charge in [-0.05, 0) is 63.4 Å². The Bertz CT molecular complexity index is 1020. The Morgan fingerprint density at radius 2 is 1.76 bits per heavy atom. The molecule has 2 aromatic rings. The normalized spacial score (nSPS) is 26.2. The number of aryl methyl sites for hydroxylation is 2. The van der Waals surface area contributed by atoms with Crippen molar-refractivity contribution >= 4 is 5.82 Å². The monoisotopic (exact) mass is 478 g/mol. The van der Waals surface area contributed by atoms with E-state index in [0.717, 1.165) is 70.3 Å². The van der Waals surface area contributed by atoms with E-state index in [0.29, 0.717) is 29.0 Å². The van der Waals surface area contributed by atoms with E-state index in [9.17, 15) is 13.2 Å². The topological polar surface area (TPSA) is 68.1 Å². The summed E-state index contributed by atoms with van der Waals surface area (Å²) in [5.41, 5.74) is 1.44. The zero-order chi connectivity index (χ0) is 24.0. The van der Waals surface area contributed by atoms with Gasteiger partial charge in [0.2, 0.25) is 0 Å². The minimum Gasteiger partial charge on any atom is -0.381 e. The highest BCUT2D eigenvalue weighted by molar-refractivity contribution is 5.67. The SMILES string of the molecule is Cc1nn(C)c(C)c1-c1cc(C(F)(F)F)c(NC2CC3CN(CC4CCOCC4)C[C@H]3C2)nn1. The third-order valence-electron chi connectivity index (χ3n) is 7.89. The number of halogens is 3. The molecular weight excluding hydrogens is 445 g/mol. The first-order valence-corrected chi connectivity index (χ1v) is 12.2. The van der Waals surface area contributed by atoms with Gasteiger partial charge in [-0.15, -0.1) is 10.2 Å². The Hall–Kier alpha value is -2.20. The number of nitrogens with zero attached hydrogens (tertiary/aromatic N) is 5. The van der Waals surface area contributed by atoms with Crippen LogP contribution in [-0.2, 0) is 18.0 Å². The molecule has 0 aromatic carbocycles. The lowest BCUT2D eigenvalue weighted by Gasteiger charge is -2.28. The van der Waals surface area contributed by atoms with Crippen molar-refractivity contribution in [1.82, 2.24) is 24.9 Å². The van der Waals surface area contributed by atoms with Gasteiger partial charge in [0.25, 0.3) is 0 Å². The zero-order valence-electron chi connectivity index (χ0n) is 20.0. The van der Waals surface area contributed by atoms with E-state index >= 15 is 0 Å². The van der Waals surface area contributed by atoms with Gasteiger partial charge in [-0.1, -0.05) is 0 Å². The quantitative estimate of drug-likeness (QED) is 0.699. The van der Waals surface area contributed by atoms with Gasteiger partial charge < -0.3 is 15.0 Å². The van der Waals surface area contributed by atoms with Crippen LogP contribution in [0.4, 0.5) is 19.0 Å². The molecule has 34 heavy (non-hydrogen) atoms. The highest BCUT2D eigenvalue weighted by atomic mass is 19.4. The molecule has 1 N–H and O–H groups in total. The van der Waals surface area contributed by atoms with E-state index in [4.69, 9.17) is 4.74 Å². The third kappa shape index (κ3) is 4.66. The van der Waals surface area contributed by atoms with Crippen LogP contribution >= 0.6 is 0 Å². The number of likely N-dealkylation sites (tertiary alicyclic amines) is 1. The molecule has 4 heterocycles. The zero-order valence-corrected chi connectivity index (χ0v) is 20.0. The van der Waals surface area contributed by atoms with E-state index in [1.807, 2.05) is 6.92 Å². The summed E-state index contributed by atoms with van der Waals surface area (Å²) in [6.45, 7) is 8.50. The lowest BCUT2D eigenvalue weighted by molar-refractivity contribution is -0.137. The second kappa shape index (κ2) is 9.11. The van der Waals surface area contributed by atoms with Gasteiger partial charge in [0.15, 0.2) is 5.82 Å². The van der Waals surface area contributed by atoms with Gasteiger partial charge in [-0.2, -0.15) is 18.3 Å². The first kappa shape index (κ1) is 23.5. The highest BCUT2D eigenvalue weighted by Crippen LogP contribution is 2.42. The lowest BCUT2D eigenvalue weighted by Crippen LogP contribution is -2.32. The summed E-state index contributed by atoms with van der Waals surface area (Å²) in [5, 5.41) is 15.6. The van der Waals surface area contributed by atoms with Gasteiger partial charge in [0.1, 0.15) is 5.56 Å². The molecule has 2 unspecified atom stereocenters. The molecular formula is C24H33F3N6O. The van der Waals surface area contributed by atoms with E-state index < -0.39 is 11.7 Å². The molecule has 3 aliphatic rings. The van der Waals surface area contributed by atoms with E-state index in [1.54, 1.807) is 18.7 Å². The molecule has 10 heteroatoms. The Morgan fingerprint density at radius 1 is 1.09 bits per heavy atom. The number of aromatic nitrogens is 4. The second-order valence-electron chi connectivity index (χ2n) is 10.3. The van der Waals surface area contributed by atoms with E-state index in [2.05, 4.69) is 25.5 Å².